The van der Waals surface area contributed by atoms with Gasteiger partial charge in [-0.15, -0.1) is 0 Å². The van der Waals surface area contributed by atoms with Gasteiger partial charge in [-0.05, 0) is 36.1 Å². The summed E-state index contributed by atoms with van der Waals surface area (Å²) in [7, 11) is 0. The van der Waals surface area contributed by atoms with E-state index in [1.165, 1.54) is 41.5 Å². The summed E-state index contributed by atoms with van der Waals surface area (Å²) in [4.78, 5) is 2.51. The first-order chi connectivity index (χ1) is 5.84. The lowest BCUT2D eigenvalue weighted by atomic mass is 10.1. The third kappa shape index (κ3) is 0.789. The molecule has 3 rings (SSSR count). The summed E-state index contributed by atoms with van der Waals surface area (Å²) in [6, 6.07) is 4.54. The summed E-state index contributed by atoms with van der Waals surface area (Å²) in [5.74, 6) is 0. The van der Waals surface area contributed by atoms with Gasteiger partial charge in [-0.1, -0.05) is 15.9 Å². The second-order valence-corrected chi connectivity index (χ2v) is 4.48. The standard InChI is InChI=1S/C10H10BrN/c11-9-5-7-1-3-12-4-2-8(6-9)10(7)12/h5-6H,1-4H2. The molecular weight excluding hydrogens is 214 g/mol. The fraction of sp³-hybridized carbons (Fsp3) is 0.400. The smallest absolute Gasteiger partial charge is 0.0433 e. The predicted molar refractivity (Wildman–Crippen MR) is 53.8 cm³/mol. The van der Waals surface area contributed by atoms with E-state index in [-0.39, 0.29) is 0 Å². The molecule has 0 saturated heterocycles. The van der Waals surface area contributed by atoms with Crippen molar-refractivity contribution in [2.45, 2.75) is 12.8 Å². The molecule has 0 fully saturated rings. The van der Waals surface area contributed by atoms with Crippen LogP contribution in [0.1, 0.15) is 11.1 Å². The SMILES string of the molecule is Brc1cc2c3c(c1)CCN3CC2. The number of anilines is 1. The molecule has 0 saturated carbocycles. The maximum absolute atomic E-state index is 3.56. The van der Waals surface area contributed by atoms with E-state index in [1.807, 2.05) is 0 Å². The van der Waals surface area contributed by atoms with Crippen molar-refractivity contribution in [2.75, 3.05) is 18.0 Å². The van der Waals surface area contributed by atoms with Gasteiger partial charge in [0.05, 0.1) is 0 Å². The number of nitrogens with zero attached hydrogens (tertiary/aromatic N) is 1. The van der Waals surface area contributed by atoms with Crippen LogP contribution in [-0.4, -0.2) is 13.1 Å². The van der Waals surface area contributed by atoms with Crippen molar-refractivity contribution < 1.29 is 0 Å². The van der Waals surface area contributed by atoms with Crippen LogP contribution in [0.5, 0.6) is 0 Å². The first-order valence-electron chi connectivity index (χ1n) is 4.41. The molecule has 2 aliphatic heterocycles. The fourth-order valence-electron chi connectivity index (χ4n) is 2.35. The molecule has 0 N–H and O–H groups in total. The highest BCUT2D eigenvalue weighted by atomic mass is 79.9. The number of halogens is 1. The van der Waals surface area contributed by atoms with Gasteiger partial charge in [-0.2, -0.15) is 0 Å². The van der Waals surface area contributed by atoms with Crippen LogP contribution in [0.2, 0.25) is 0 Å². The topological polar surface area (TPSA) is 3.24 Å². The molecule has 0 aliphatic carbocycles. The zero-order valence-corrected chi connectivity index (χ0v) is 8.39. The van der Waals surface area contributed by atoms with Crippen LogP contribution in [0.25, 0.3) is 0 Å². The minimum absolute atomic E-state index is 1.23. The van der Waals surface area contributed by atoms with Crippen LogP contribution in [0.4, 0.5) is 5.69 Å². The Morgan fingerprint density at radius 2 is 1.67 bits per heavy atom. The molecule has 62 valence electrons. The molecular formula is C10H10BrN. The van der Waals surface area contributed by atoms with E-state index in [4.69, 9.17) is 0 Å². The van der Waals surface area contributed by atoms with Gasteiger partial charge in [0, 0.05) is 23.2 Å². The molecule has 0 atom stereocenters. The van der Waals surface area contributed by atoms with E-state index in [9.17, 15) is 0 Å². The van der Waals surface area contributed by atoms with E-state index in [1.54, 1.807) is 5.69 Å². The lowest BCUT2D eigenvalue weighted by Crippen LogP contribution is -2.17. The molecule has 2 heterocycles. The van der Waals surface area contributed by atoms with E-state index in [0.29, 0.717) is 0 Å². The van der Waals surface area contributed by atoms with Gasteiger partial charge < -0.3 is 4.90 Å². The van der Waals surface area contributed by atoms with Crippen molar-refractivity contribution in [3.63, 3.8) is 0 Å². The molecule has 0 aromatic heterocycles. The van der Waals surface area contributed by atoms with Crippen molar-refractivity contribution in [3.8, 4) is 0 Å². The lowest BCUT2D eigenvalue weighted by Gasteiger charge is -2.10. The van der Waals surface area contributed by atoms with Crippen molar-refractivity contribution in [3.05, 3.63) is 27.7 Å². The average molecular weight is 224 g/mol. The molecule has 0 bridgehead atoms. The van der Waals surface area contributed by atoms with E-state index in [0.717, 1.165) is 0 Å². The number of hydrogen-bond acceptors (Lipinski definition) is 1. The predicted octanol–water partition coefficient (Wildman–Crippen LogP) is 2.37. The van der Waals surface area contributed by atoms with E-state index < -0.39 is 0 Å². The van der Waals surface area contributed by atoms with Crippen LogP contribution in [0.3, 0.4) is 0 Å². The van der Waals surface area contributed by atoms with Crippen molar-refractivity contribution >= 4 is 21.6 Å². The van der Waals surface area contributed by atoms with Crippen LogP contribution in [0.15, 0.2) is 16.6 Å². The summed E-state index contributed by atoms with van der Waals surface area (Å²) in [6.45, 7) is 2.47. The van der Waals surface area contributed by atoms with Gasteiger partial charge in [0.25, 0.3) is 0 Å². The quantitative estimate of drug-likeness (QED) is 0.653. The molecule has 1 aromatic carbocycles. The highest BCUT2D eigenvalue weighted by Crippen LogP contribution is 2.38. The number of rotatable bonds is 0. The molecule has 0 unspecified atom stereocenters. The second-order valence-electron chi connectivity index (χ2n) is 3.56. The average Bonchev–Trinajstić information content (AvgIpc) is 2.59. The summed E-state index contributed by atoms with van der Waals surface area (Å²) in [5.41, 5.74) is 4.62. The Bertz CT molecular complexity index is 317. The second kappa shape index (κ2) is 2.25. The lowest BCUT2D eigenvalue weighted by molar-refractivity contribution is 0.855. The van der Waals surface area contributed by atoms with Crippen molar-refractivity contribution in [2.24, 2.45) is 0 Å². The Labute approximate surface area is 80.5 Å². The Balaban J connectivity index is 2.29. The van der Waals surface area contributed by atoms with Gasteiger partial charge in [0.2, 0.25) is 0 Å². The van der Waals surface area contributed by atoms with Crippen LogP contribution in [0, 0.1) is 0 Å². The molecule has 0 radical (unpaired) electrons. The minimum Gasteiger partial charge on any atom is -0.370 e. The molecule has 2 aliphatic rings. The summed E-state index contributed by atoms with van der Waals surface area (Å²) in [6.07, 6.45) is 2.48. The largest absolute Gasteiger partial charge is 0.370 e. The van der Waals surface area contributed by atoms with E-state index >= 15 is 0 Å². The number of hydrogen-bond donors (Lipinski definition) is 0. The zero-order valence-electron chi connectivity index (χ0n) is 6.81. The molecule has 0 amide bonds. The van der Waals surface area contributed by atoms with Crippen molar-refractivity contribution in [1.29, 1.82) is 0 Å². The Hall–Kier alpha value is -0.500. The molecule has 0 spiro atoms. The Morgan fingerprint density at radius 3 is 2.25 bits per heavy atom. The normalized spacial score (nSPS) is 18.6. The van der Waals surface area contributed by atoms with Crippen LogP contribution in [-0.2, 0) is 12.8 Å². The highest BCUT2D eigenvalue weighted by molar-refractivity contribution is 9.10. The molecule has 1 aromatic rings. The summed E-state index contributed by atoms with van der Waals surface area (Å²) >= 11 is 3.56. The summed E-state index contributed by atoms with van der Waals surface area (Å²) in [5, 5.41) is 0. The number of benzene rings is 1. The molecule has 2 heteroatoms. The zero-order chi connectivity index (χ0) is 8.13. The van der Waals surface area contributed by atoms with Gasteiger partial charge in [0.1, 0.15) is 0 Å². The van der Waals surface area contributed by atoms with Gasteiger partial charge in [-0.3, -0.25) is 0 Å². The Kier molecular flexibility index (Phi) is 1.31. The Morgan fingerprint density at radius 1 is 1.08 bits per heavy atom. The monoisotopic (exact) mass is 223 g/mol. The highest BCUT2D eigenvalue weighted by Gasteiger charge is 2.27. The third-order valence-corrected chi connectivity index (χ3v) is 3.31. The van der Waals surface area contributed by atoms with Crippen LogP contribution < -0.4 is 4.90 Å². The summed E-state index contributed by atoms with van der Waals surface area (Å²) < 4.78 is 1.25. The minimum atomic E-state index is 1.23. The maximum Gasteiger partial charge on any atom is 0.0433 e. The first-order valence-corrected chi connectivity index (χ1v) is 5.20. The third-order valence-electron chi connectivity index (χ3n) is 2.85. The molecule has 12 heavy (non-hydrogen) atoms. The van der Waals surface area contributed by atoms with Gasteiger partial charge >= 0.3 is 0 Å². The fourth-order valence-corrected chi connectivity index (χ4v) is 2.90. The maximum atomic E-state index is 3.56. The van der Waals surface area contributed by atoms with Gasteiger partial charge in [0.15, 0.2) is 0 Å². The first kappa shape index (κ1) is 6.96. The van der Waals surface area contributed by atoms with E-state index in [2.05, 4.69) is 33.0 Å². The van der Waals surface area contributed by atoms with Crippen LogP contribution >= 0.6 is 15.9 Å². The van der Waals surface area contributed by atoms with Gasteiger partial charge in [-0.25, -0.2) is 0 Å². The van der Waals surface area contributed by atoms with Crippen molar-refractivity contribution in [1.82, 2.24) is 0 Å². The molecule has 1 nitrogen and oxygen atoms in total.